The standard InChI is InChI=1S/C26H28N6O3/c1-26(2,3)19-6-8-21(9-7-19)32(25(34)22-15-35-17-31-22)23(18-5-4-11-27-13-18)24(33)29-12-10-20-14-28-16-30-20/h4-9,11,13-17,23H,10,12H2,1-3H3,(H,28,30)(H,29,33). The molecule has 1 atom stereocenters. The number of pyridine rings is 1. The van der Waals surface area contributed by atoms with Crippen LogP contribution in [-0.2, 0) is 16.6 Å². The number of nitrogens with one attached hydrogen (secondary N) is 2. The van der Waals surface area contributed by atoms with Crippen LogP contribution in [0.4, 0.5) is 5.69 Å². The first-order chi connectivity index (χ1) is 16.8. The minimum Gasteiger partial charge on any atom is -0.451 e. The van der Waals surface area contributed by atoms with Gasteiger partial charge in [0.1, 0.15) is 12.3 Å². The summed E-state index contributed by atoms with van der Waals surface area (Å²) in [5.74, 6) is -0.797. The number of rotatable bonds is 8. The third-order valence-electron chi connectivity index (χ3n) is 5.64. The highest BCUT2D eigenvalue weighted by molar-refractivity contribution is 6.09. The number of imidazole rings is 1. The van der Waals surface area contributed by atoms with Crippen molar-refractivity contribution in [1.82, 2.24) is 25.3 Å². The molecule has 1 unspecified atom stereocenters. The number of aromatic nitrogens is 4. The van der Waals surface area contributed by atoms with E-state index in [1.807, 2.05) is 24.3 Å². The summed E-state index contributed by atoms with van der Waals surface area (Å²) < 4.78 is 5.06. The van der Waals surface area contributed by atoms with E-state index in [-0.39, 0.29) is 17.0 Å². The molecule has 0 aliphatic rings. The van der Waals surface area contributed by atoms with Crippen molar-refractivity contribution in [1.29, 1.82) is 0 Å². The van der Waals surface area contributed by atoms with E-state index < -0.39 is 11.9 Å². The Labute approximate surface area is 203 Å². The third kappa shape index (κ3) is 5.63. The zero-order valence-corrected chi connectivity index (χ0v) is 19.9. The smallest absolute Gasteiger partial charge is 0.281 e. The Balaban J connectivity index is 1.72. The SMILES string of the molecule is CC(C)(C)c1ccc(N(C(=O)c2cocn2)C(C(=O)NCCc2cnc[nH]2)c2cccnc2)cc1. The van der Waals surface area contributed by atoms with Gasteiger partial charge in [-0.1, -0.05) is 39.0 Å². The summed E-state index contributed by atoms with van der Waals surface area (Å²) in [7, 11) is 0. The second kappa shape index (κ2) is 10.3. The van der Waals surface area contributed by atoms with Crippen molar-refractivity contribution < 1.29 is 14.0 Å². The van der Waals surface area contributed by atoms with E-state index in [9.17, 15) is 9.59 Å². The molecular weight excluding hydrogens is 444 g/mol. The van der Waals surface area contributed by atoms with Gasteiger partial charge in [0.25, 0.3) is 5.91 Å². The Kier molecular flexibility index (Phi) is 7.05. The number of anilines is 1. The van der Waals surface area contributed by atoms with Gasteiger partial charge >= 0.3 is 0 Å². The first-order valence-corrected chi connectivity index (χ1v) is 11.3. The number of carbonyl (C=O) groups is 2. The van der Waals surface area contributed by atoms with Gasteiger partial charge in [-0.3, -0.25) is 19.5 Å². The van der Waals surface area contributed by atoms with Crippen LogP contribution in [0.2, 0.25) is 0 Å². The molecule has 0 bridgehead atoms. The van der Waals surface area contributed by atoms with Crippen LogP contribution >= 0.6 is 0 Å². The van der Waals surface area contributed by atoms with Crippen LogP contribution in [-0.4, -0.2) is 38.3 Å². The monoisotopic (exact) mass is 472 g/mol. The number of nitrogens with zero attached hydrogens (tertiary/aromatic N) is 4. The van der Waals surface area contributed by atoms with Gasteiger partial charge in [-0.05, 0) is 29.2 Å². The first-order valence-electron chi connectivity index (χ1n) is 11.3. The molecule has 0 fully saturated rings. The largest absolute Gasteiger partial charge is 0.451 e. The van der Waals surface area contributed by atoms with Crippen molar-refractivity contribution in [3.05, 3.63) is 96.5 Å². The summed E-state index contributed by atoms with van der Waals surface area (Å²) in [4.78, 5) is 43.9. The van der Waals surface area contributed by atoms with E-state index in [4.69, 9.17) is 4.42 Å². The highest BCUT2D eigenvalue weighted by atomic mass is 16.3. The van der Waals surface area contributed by atoms with E-state index >= 15 is 0 Å². The number of carbonyl (C=O) groups excluding carboxylic acids is 2. The Hall–Kier alpha value is -4.27. The molecule has 9 nitrogen and oxygen atoms in total. The van der Waals surface area contributed by atoms with Gasteiger partial charge in [0.2, 0.25) is 5.91 Å². The molecule has 0 aliphatic heterocycles. The topological polar surface area (TPSA) is 117 Å². The molecule has 1 aromatic carbocycles. The van der Waals surface area contributed by atoms with Crippen LogP contribution < -0.4 is 10.2 Å². The van der Waals surface area contributed by atoms with Crippen molar-refractivity contribution in [2.45, 2.75) is 38.6 Å². The molecular formula is C26H28N6O3. The molecule has 0 saturated heterocycles. The van der Waals surface area contributed by atoms with Gasteiger partial charge < -0.3 is 14.7 Å². The number of amides is 2. The molecule has 2 amide bonds. The van der Waals surface area contributed by atoms with Crippen molar-refractivity contribution in [2.24, 2.45) is 0 Å². The fourth-order valence-electron chi connectivity index (χ4n) is 3.74. The molecule has 3 aromatic heterocycles. The summed E-state index contributed by atoms with van der Waals surface area (Å²) in [6.07, 6.45) is 9.55. The molecule has 35 heavy (non-hydrogen) atoms. The van der Waals surface area contributed by atoms with E-state index in [1.54, 1.807) is 37.1 Å². The average Bonchev–Trinajstić information content (AvgIpc) is 3.57. The minimum absolute atomic E-state index is 0.0632. The highest BCUT2D eigenvalue weighted by Gasteiger charge is 2.34. The first kappa shape index (κ1) is 23.9. The van der Waals surface area contributed by atoms with Gasteiger partial charge in [-0.15, -0.1) is 0 Å². The molecule has 4 aromatic rings. The molecule has 0 saturated carbocycles. The lowest BCUT2D eigenvalue weighted by molar-refractivity contribution is -0.122. The van der Waals surface area contributed by atoms with Crippen molar-refractivity contribution in [2.75, 3.05) is 11.4 Å². The van der Waals surface area contributed by atoms with Gasteiger partial charge in [-0.25, -0.2) is 9.97 Å². The number of oxazole rings is 1. The summed E-state index contributed by atoms with van der Waals surface area (Å²) in [5, 5.41) is 2.95. The molecule has 4 rings (SSSR count). The summed E-state index contributed by atoms with van der Waals surface area (Å²) in [6.45, 7) is 6.72. The number of hydrogen-bond acceptors (Lipinski definition) is 6. The second-order valence-corrected chi connectivity index (χ2v) is 9.15. The summed E-state index contributed by atoms with van der Waals surface area (Å²) >= 11 is 0. The quantitative estimate of drug-likeness (QED) is 0.402. The third-order valence-corrected chi connectivity index (χ3v) is 5.64. The molecule has 2 N–H and O–H groups in total. The van der Waals surface area contributed by atoms with Crippen LogP contribution in [0.3, 0.4) is 0 Å². The fourth-order valence-corrected chi connectivity index (χ4v) is 3.74. The van der Waals surface area contributed by atoms with Gasteiger partial charge in [0.05, 0.1) is 6.33 Å². The zero-order chi connectivity index (χ0) is 24.8. The fraction of sp³-hybridized carbons (Fsp3) is 0.269. The van der Waals surface area contributed by atoms with Crippen LogP contribution in [0.25, 0.3) is 0 Å². The summed E-state index contributed by atoms with van der Waals surface area (Å²) in [5.41, 5.74) is 3.18. The predicted octanol–water partition coefficient (Wildman–Crippen LogP) is 3.84. The zero-order valence-electron chi connectivity index (χ0n) is 19.9. The van der Waals surface area contributed by atoms with E-state index in [0.29, 0.717) is 24.2 Å². The van der Waals surface area contributed by atoms with E-state index in [1.165, 1.54) is 17.6 Å². The Morgan fingerprint density at radius 2 is 1.91 bits per heavy atom. The molecule has 0 spiro atoms. The lowest BCUT2D eigenvalue weighted by atomic mass is 9.87. The predicted molar refractivity (Wildman–Crippen MR) is 131 cm³/mol. The Bertz CT molecular complexity index is 1230. The second-order valence-electron chi connectivity index (χ2n) is 9.15. The lowest BCUT2D eigenvalue weighted by Gasteiger charge is -2.31. The van der Waals surface area contributed by atoms with Crippen molar-refractivity contribution in [3.63, 3.8) is 0 Å². The average molecular weight is 473 g/mol. The molecule has 9 heteroatoms. The van der Waals surface area contributed by atoms with Crippen molar-refractivity contribution in [3.8, 4) is 0 Å². The number of H-pyrrole nitrogens is 1. The Morgan fingerprint density at radius 1 is 1.11 bits per heavy atom. The molecule has 0 aliphatic carbocycles. The normalized spacial score (nSPS) is 12.2. The van der Waals surface area contributed by atoms with Crippen LogP contribution in [0, 0.1) is 0 Å². The van der Waals surface area contributed by atoms with Gasteiger partial charge in [0, 0.05) is 48.5 Å². The minimum atomic E-state index is -0.977. The maximum absolute atomic E-state index is 13.7. The Morgan fingerprint density at radius 3 is 2.51 bits per heavy atom. The molecule has 0 radical (unpaired) electrons. The lowest BCUT2D eigenvalue weighted by Crippen LogP contribution is -2.44. The summed E-state index contributed by atoms with van der Waals surface area (Å²) in [6, 6.07) is 10.2. The molecule has 180 valence electrons. The highest BCUT2D eigenvalue weighted by Crippen LogP contribution is 2.31. The van der Waals surface area contributed by atoms with Gasteiger partial charge in [-0.2, -0.15) is 0 Å². The van der Waals surface area contributed by atoms with Crippen LogP contribution in [0.5, 0.6) is 0 Å². The molecule has 3 heterocycles. The van der Waals surface area contributed by atoms with Crippen LogP contribution in [0.1, 0.15) is 54.1 Å². The number of hydrogen-bond donors (Lipinski definition) is 2. The number of benzene rings is 1. The van der Waals surface area contributed by atoms with Gasteiger partial charge in [0.15, 0.2) is 12.1 Å². The van der Waals surface area contributed by atoms with Crippen molar-refractivity contribution >= 4 is 17.5 Å². The maximum Gasteiger partial charge on any atom is 0.281 e. The van der Waals surface area contributed by atoms with E-state index in [2.05, 4.69) is 46.0 Å². The van der Waals surface area contributed by atoms with Crippen LogP contribution in [0.15, 0.2) is 78.4 Å². The van der Waals surface area contributed by atoms with E-state index in [0.717, 1.165) is 11.3 Å². The number of aromatic amines is 1. The maximum atomic E-state index is 13.7.